The summed E-state index contributed by atoms with van der Waals surface area (Å²) in [5.74, 6) is 0. The Hall–Kier alpha value is -1.94. The molecule has 3 nitrogen and oxygen atoms in total. The van der Waals surface area contributed by atoms with Crippen molar-refractivity contribution < 1.29 is 9.32 Å². The highest BCUT2D eigenvalue weighted by atomic mass is 79.9. The van der Waals surface area contributed by atoms with Crippen molar-refractivity contribution in [3.05, 3.63) is 52.5 Å². The molecule has 0 spiro atoms. The second-order valence-corrected chi connectivity index (χ2v) is 4.70. The molecule has 1 heterocycles. The van der Waals surface area contributed by atoms with E-state index in [0.29, 0.717) is 16.8 Å². The molecule has 18 heavy (non-hydrogen) atoms. The lowest BCUT2D eigenvalue weighted by atomic mass is 10.0. The first-order valence-corrected chi connectivity index (χ1v) is 6.19. The molecule has 0 aliphatic rings. The van der Waals surface area contributed by atoms with Crippen LogP contribution in [0.15, 0.2) is 51.5 Å². The zero-order valence-corrected chi connectivity index (χ0v) is 10.8. The van der Waals surface area contributed by atoms with Crippen molar-refractivity contribution in [1.82, 2.24) is 5.16 Å². The normalized spacial score (nSPS) is 10.7. The Kier molecular flexibility index (Phi) is 2.72. The van der Waals surface area contributed by atoms with E-state index in [-0.39, 0.29) is 0 Å². The SMILES string of the molecule is O=Cc1c(Br)cccc1-c1noc2ccccc12. The second-order valence-electron chi connectivity index (χ2n) is 3.85. The lowest BCUT2D eigenvalue weighted by molar-refractivity contribution is 0.112. The number of carbonyl (C=O) groups excluding carboxylic acids is 1. The molecule has 1 aromatic heterocycles. The third-order valence-corrected chi connectivity index (χ3v) is 3.49. The van der Waals surface area contributed by atoms with E-state index < -0.39 is 0 Å². The van der Waals surface area contributed by atoms with Gasteiger partial charge in [-0.25, -0.2) is 0 Å². The molecule has 4 heteroatoms. The van der Waals surface area contributed by atoms with Gasteiger partial charge in [-0.3, -0.25) is 4.79 Å². The summed E-state index contributed by atoms with van der Waals surface area (Å²) in [6, 6.07) is 13.1. The predicted molar refractivity (Wildman–Crippen MR) is 72.5 cm³/mol. The number of benzene rings is 2. The minimum absolute atomic E-state index is 0.580. The van der Waals surface area contributed by atoms with Gasteiger partial charge >= 0.3 is 0 Å². The van der Waals surface area contributed by atoms with Gasteiger partial charge in [-0.05, 0) is 18.2 Å². The fourth-order valence-electron chi connectivity index (χ4n) is 1.94. The van der Waals surface area contributed by atoms with Gasteiger partial charge in [0.2, 0.25) is 0 Å². The third kappa shape index (κ3) is 1.66. The first-order valence-electron chi connectivity index (χ1n) is 5.40. The Morgan fingerprint density at radius 1 is 1.11 bits per heavy atom. The van der Waals surface area contributed by atoms with Crippen LogP contribution in [0, 0.1) is 0 Å². The van der Waals surface area contributed by atoms with E-state index in [1.165, 1.54) is 0 Å². The first kappa shape index (κ1) is 11.2. The average Bonchev–Trinajstić information content (AvgIpc) is 2.82. The summed E-state index contributed by atoms with van der Waals surface area (Å²) in [6.45, 7) is 0. The van der Waals surface area contributed by atoms with Crippen LogP contribution in [-0.4, -0.2) is 11.4 Å². The topological polar surface area (TPSA) is 43.1 Å². The number of hydrogen-bond acceptors (Lipinski definition) is 3. The fraction of sp³-hybridized carbons (Fsp3) is 0. The van der Waals surface area contributed by atoms with Gasteiger partial charge in [0.15, 0.2) is 11.9 Å². The Morgan fingerprint density at radius 3 is 2.78 bits per heavy atom. The Balaban J connectivity index is 2.33. The van der Waals surface area contributed by atoms with E-state index in [1.54, 1.807) is 0 Å². The maximum Gasteiger partial charge on any atom is 0.167 e. The molecule has 0 radical (unpaired) electrons. The van der Waals surface area contributed by atoms with E-state index in [4.69, 9.17) is 4.52 Å². The van der Waals surface area contributed by atoms with Crippen LogP contribution in [0.3, 0.4) is 0 Å². The highest BCUT2D eigenvalue weighted by Crippen LogP contribution is 2.32. The quantitative estimate of drug-likeness (QED) is 0.670. The largest absolute Gasteiger partial charge is 0.356 e. The van der Waals surface area contributed by atoms with Gasteiger partial charge in [0.25, 0.3) is 0 Å². The number of fused-ring (bicyclic) bond motifs is 1. The predicted octanol–water partition coefficient (Wildman–Crippen LogP) is 4.07. The van der Waals surface area contributed by atoms with Crippen molar-refractivity contribution >= 4 is 33.2 Å². The van der Waals surface area contributed by atoms with E-state index in [0.717, 1.165) is 21.7 Å². The van der Waals surface area contributed by atoms with Crippen molar-refractivity contribution in [1.29, 1.82) is 0 Å². The third-order valence-electron chi connectivity index (χ3n) is 2.80. The molecule has 3 rings (SSSR count). The summed E-state index contributed by atoms with van der Waals surface area (Å²) in [5.41, 5.74) is 2.75. The summed E-state index contributed by atoms with van der Waals surface area (Å²) in [6.07, 6.45) is 0.822. The van der Waals surface area contributed by atoms with Gasteiger partial charge in [0.05, 0.1) is 0 Å². The number of halogens is 1. The van der Waals surface area contributed by atoms with Crippen LogP contribution in [0.1, 0.15) is 10.4 Å². The van der Waals surface area contributed by atoms with Crippen molar-refractivity contribution in [3.8, 4) is 11.3 Å². The molecule has 0 amide bonds. The molecule has 0 saturated carbocycles. The van der Waals surface area contributed by atoms with Gasteiger partial charge < -0.3 is 4.52 Å². The summed E-state index contributed by atoms with van der Waals surface area (Å²) in [4.78, 5) is 11.2. The van der Waals surface area contributed by atoms with E-state index in [2.05, 4.69) is 21.1 Å². The lowest BCUT2D eigenvalue weighted by Crippen LogP contribution is -1.89. The molecule has 88 valence electrons. The molecule has 0 N–H and O–H groups in total. The standard InChI is InChI=1S/C14H8BrNO2/c15-12-6-3-5-9(11(12)8-17)14-10-4-1-2-7-13(10)18-16-14/h1-8H. The number of rotatable bonds is 2. The summed E-state index contributed by atoms with van der Waals surface area (Å²) in [5, 5.41) is 4.96. The molecular formula is C14H8BrNO2. The minimum atomic E-state index is 0.580. The Labute approximate surface area is 112 Å². The second kappa shape index (κ2) is 4.38. The molecule has 0 saturated heterocycles. The van der Waals surface area contributed by atoms with Gasteiger partial charge in [0.1, 0.15) is 5.69 Å². The number of carbonyl (C=O) groups is 1. The number of aldehydes is 1. The smallest absolute Gasteiger partial charge is 0.167 e. The van der Waals surface area contributed by atoms with E-state index in [1.807, 2.05) is 42.5 Å². The lowest BCUT2D eigenvalue weighted by Gasteiger charge is -2.03. The molecule has 0 aliphatic heterocycles. The van der Waals surface area contributed by atoms with Crippen LogP contribution in [0.4, 0.5) is 0 Å². The molecule has 0 unspecified atom stereocenters. The number of aromatic nitrogens is 1. The Bertz CT molecular complexity index is 733. The van der Waals surface area contributed by atoms with Gasteiger partial charge in [-0.15, -0.1) is 0 Å². The number of para-hydroxylation sites is 1. The van der Waals surface area contributed by atoms with Crippen molar-refractivity contribution in [2.24, 2.45) is 0 Å². The number of hydrogen-bond donors (Lipinski definition) is 0. The van der Waals surface area contributed by atoms with Crippen LogP contribution >= 0.6 is 15.9 Å². The van der Waals surface area contributed by atoms with E-state index >= 15 is 0 Å². The summed E-state index contributed by atoms with van der Waals surface area (Å²) >= 11 is 3.37. The van der Waals surface area contributed by atoms with Gasteiger partial charge in [-0.2, -0.15) is 0 Å². The summed E-state index contributed by atoms with van der Waals surface area (Å²) in [7, 11) is 0. The number of nitrogens with zero attached hydrogens (tertiary/aromatic N) is 1. The van der Waals surface area contributed by atoms with Crippen LogP contribution in [0.25, 0.3) is 22.2 Å². The van der Waals surface area contributed by atoms with Crippen molar-refractivity contribution in [2.45, 2.75) is 0 Å². The first-order chi connectivity index (χ1) is 8.81. The van der Waals surface area contributed by atoms with Crippen molar-refractivity contribution in [3.63, 3.8) is 0 Å². The minimum Gasteiger partial charge on any atom is -0.356 e. The maximum atomic E-state index is 11.2. The fourth-order valence-corrected chi connectivity index (χ4v) is 2.40. The van der Waals surface area contributed by atoms with Crippen LogP contribution in [0.5, 0.6) is 0 Å². The van der Waals surface area contributed by atoms with Gasteiger partial charge in [0, 0.05) is 21.0 Å². The molecule has 0 bridgehead atoms. The highest BCUT2D eigenvalue weighted by Gasteiger charge is 2.14. The van der Waals surface area contributed by atoms with Crippen LogP contribution in [0.2, 0.25) is 0 Å². The molecular weight excluding hydrogens is 294 g/mol. The molecule has 0 aliphatic carbocycles. The van der Waals surface area contributed by atoms with Crippen molar-refractivity contribution in [2.75, 3.05) is 0 Å². The summed E-state index contributed by atoms with van der Waals surface area (Å²) < 4.78 is 6.01. The monoisotopic (exact) mass is 301 g/mol. The molecule has 2 aromatic carbocycles. The molecule has 3 aromatic rings. The van der Waals surface area contributed by atoms with Gasteiger partial charge in [-0.1, -0.05) is 45.4 Å². The zero-order valence-electron chi connectivity index (χ0n) is 9.26. The van der Waals surface area contributed by atoms with Crippen LogP contribution in [-0.2, 0) is 0 Å². The zero-order chi connectivity index (χ0) is 12.5. The maximum absolute atomic E-state index is 11.2. The Morgan fingerprint density at radius 2 is 1.94 bits per heavy atom. The molecule has 0 fully saturated rings. The van der Waals surface area contributed by atoms with Crippen LogP contribution < -0.4 is 0 Å². The highest BCUT2D eigenvalue weighted by molar-refractivity contribution is 9.10. The molecule has 0 atom stereocenters. The van der Waals surface area contributed by atoms with E-state index in [9.17, 15) is 4.79 Å². The average molecular weight is 302 g/mol.